The van der Waals surface area contributed by atoms with Crippen LogP contribution in [0.2, 0.25) is 0 Å². The third-order valence-electron chi connectivity index (χ3n) is 4.45. The fourth-order valence-electron chi connectivity index (χ4n) is 3.03. The van der Waals surface area contributed by atoms with Gasteiger partial charge in [0.15, 0.2) is 11.4 Å². The Kier molecular flexibility index (Phi) is 5.55. The molecule has 4 rings (SSSR count). The Hall–Kier alpha value is -3.23. The van der Waals surface area contributed by atoms with E-state index in [1.807, 2.05) is 6.07 Å². The van der Waals surface area contributed by atoms with Crippen LogP contribution in [0.5, 0.6) is 5.75 Å². The van der Waals surface area contributed by atoms with Gasteiger partial charge in [0.05, 0.1) is 24.7 Å². The molecule has 4 aromatic rings. The summed E-state index contributed by atoms with van der Waals surface area (Å²) in [5.41, 5.74) is 1.62. The summed E-state index contributed by atoms with van der Waals surface area (Å²) in [7, 11) is 1.60. The minimum atomic E-state index is -0.308. The number of hydrogen-bond donors (Lipinski definition) is 1. The van der Waals surface area contributed by atoms with Crippen molar-refractivity contribution >= 4 is 11.0 Å². The van der Waals surface area contributed by atoms with Crippen LogP contribution in [0, 0.1) is 5.82 Å². The Morgan fingerprint density at radius 1 is 1.17 bits per heavy atom. The molecule has 8 heteroatoms. The minimum Gasteiger partial charge on any atom is -0.490 e. The molecule has 1 aromatic carbocycles. The number of benzene rings is 1. The highest BCUT2D eigenvalue weighted by Crippen LogP contribution is 2.31. The highest BCUT2D eigenvalue weighted by Gasteiger charge is 2.18. The topological polar surface area (TPSA) is 82.5 Å². The highest BCUT2D eigenvalue weighted by atomic mass is 19.1. The number of ether oxygens (including phenoxy) is 2. The van der Waals surface area contributed by atoms with E-state index in [0.717, 1.165) is 0 Å². The third-order valence-corrected chi connectivity index (χ3v) is 4.45. The summed E-state index contributed by atoms with van der Waals surface area (Å²) in [4.78, 5) is 4.48. The number of halogens is 1. The van der Waals surface area contributed by atoms with E-state index in [4.69, 9.17) is 13.9 Å². The predicted molar refractivity (Wildman–Crippen MR) is 104 cm³/mol. The van der Waals surface area contributed by atoms with Crippen molar-refractivity contribution in [2.24, 2.45) is 0 Å². The first-order valence-corrected chi connectivity index (χ1v) is 9.11. The van der Waals surface area contributed by atoms with Crippen LogP contribution in [0.1, 0.15) is 11.3 Å². The van der Waals surface area contributed by atoms with Crippen LogP contribution in [0.15, 0.2) is 53.1 Å². The van der Waals surface area contributed by atoms with E-state index in [-0.39, 0.29) is 19.0 Å². The largest absolute Gasteiger partial charge is 0.490 e. The average molecular weight is 397 g/mol. The minimum absolute atomic E-state index is 0.211. The second kappa shape index (κ2) is 8.42. The van der Waals surface area contributed by atoms with E-state index in [2.05, 4.69) is 10.1 Å². The second-order valence-corrected chi connectivity index (χ2v) is 6.41. The number of rotatable bonds is 8. The van der Waals surface area contributed by atoms with Gasteiger partial charge < -0.3 is 19.0 Å². The van der Waals surface area contributed by atoms with Crippen LogP contribution in [-0.2, 0) is 17.9 Å². The first kappa shape index (κ1) is 19.1. The van der Waals surface area contributed by atoms with Crippen molar-refractivity contribution in [1.29, 1.82) is 0 Å². The molecule has 0 saturated heterocycles. The van der Waals surface area contributed by atoms with Crippen molar-refractivity contribution in [2.75, 3.05) is 20.3 Å². The van der Waals surface area contributed by atoms with E-state index < -0.39 is 0 Å². The molecule has 3 aromatic heterocycles. The lowest BCUT2D eigenvalue weighted by atomic mass is 10.2. The average Bonchev–Trinajstić information content (AvgIpc) is 3.34. The van der Waals surface area contributed by atoms with Gasteiger partial charge in [-0.1, -0.05) is 18.2 Å². The molecule has 29 heavy (non-hydrogen) atoms. The van der Waals surface area contributed by atoms with E-state index in [0.29, 0.717) is 52.8 Å². The molecule has 0 spiro atoms. The summed E-state index contributed by atoms with van der Waals surface area (Å²) in [5.74, 6) is 1.17. The zero-order valence-electron chi connectivity index (χ0n) is 15.8. The molecule has 0 aliphatic heterocycles. The van der Waals surface area contributed by atoms with Crippen LogP contribution in [0.25, 0.3) is 22.5 Å². The summed E-state index contributed by atoms with van der Waals surface area (Å²) in [6.07, 6.45) is 1.60. The predicted octanol–water partition coefficient (Wildman–Crippen LogP) is 3.40. The number of furan rings is 1. The molecule has 0 amide bonds. The molecule has 0 aliphatic carbocycles. The molecule has 3 heterocycles. The van der Waals surface area contributed by atoms with Crippen LogP contribution in [0.3, 0.4) is 0 Å². The molecule has 0 bridgehead atoms. The van der Waals surface area contributed by atoms with Crippen LogP contribution >= 0.6 is 0 Å². The molecule has 0 aliphatic rings. The maximum absolute atomic E-state index is 14.2. The summed E-state index contributed by atoms with van der Waals surface area (Å²) in [5, 5.41) is 14.6. The first-order valence-electron chi connectivity index (χ1n) is 9.11. The number of aliphatic hydroxyl groups excluding tert-OH is 1. The maximum atomic E-state index is 14.2. The number of pyridine rings is 1. The Bertz CT molecular complexity index is 1120. The number of hydrogen-bond acceptors (Lipinski definition) is 6. The molecule has 0 fully saturated rings. The zero-order valence-corrected chi connectivity index (χ0v) is 15.8. The first-order chi connectivity index (χ1) is 14.2. The third kappa shape index (κ3) is 3.98. The molecule has 0 unspecified atom stereocenters. The van der Waals surface area contributed by atoms with Gasteiger partial charge in [-0.05, 0) is 24.3 Å². The molecular weight excluding hydrogens is 377 g/mol. The van der Waals surface area contributed by atoms with Gasteiger partial charge in [-0.2, -0.15) is 5.10 Å². The lowest BCUT2D eigenvalue weighted by Gasteiger charge is -2.06. The summed E-state index contributed by atoms with van der Waals surface area (Å²) >= 11 is 0. The van der Waals surface area contributed by atoms with E-state index >= 15 is 0 Å². The highest BCUT2D eigenvalue weighted by molar-refractivity contribution is 5.90. The molecule has 0 atom stereocenters. The Morgan fingerprint density at radius 3 is 2.79 bits per heavy atom. The Labute approximate surface area is 166 Å². The Morgan fingerprint density at radius 2 is 2.03 bits per heavy atom. The van der Waals surface area contributed by atoms with Gasteiger partial charge in [0.25, 0.3) is 0 Å². The van der Waals surface area contributed by atoms with Crippen LogP contribution < -0.4 is 4.74 Å². The summed E-state index contributed by atoms with van der Waals surface area (Å²) < 4.78 is 32.1. The van der Waals surface area contributed by atoms with E-state index in [1.54, 1.807) is 48.3 Å². The van der Waals surface area contributed by atoms with Crippen molar-refractivity contribution < 1.29 is 23.4 Å². The fraction of sp³-hybridized carbons (Fsp3) is 0.238. The van der Waals surface area contributed by atoms with Crippen molar-refractivity contribution in [2.45, 2.75) is 13.2 Å². The van der Waals surface area contributed by atoms with Gasteiger partial charge in [0.2, 0.25) is 0 Å². The SMILES string of the molecule is COCCOc1cnc2c(c1)c(-c1ccc(CO)o1)nn2Cc1ccccc1F. The number of fused-ring (bicyclic) bond motifs is 1. The van der Waals surface area contributed by atoms with Crippen LogP contribution in [0.4, 0.5) is 4.39 Å². The zero-order chi connectivity index (χ0) is 20.2. The number of aromatic nitrogens is 3. The van der Waals surface area contributed by atoms with Gasteiger partial charge in [-0.15, -0.1) is 0 Å². The van der Waals surface area contributed by atoms with Crippen molar-refractivity contribution in [3.05, 3.63) is 65.8 Å². The fourth-order valence-corrected chi connectivity index (χ4v) is 3.03. The van der Waals surface area contributed by atoms with Crippen LogP contribution in [-0.4, -0.2) is 40.2 Å². The molecular formula is C21H20FN3O4. The summed E-state index contributed by atoms with van der Waals surface area (Å²) in [6.45, 7) is 0.846. The van der Waals surface area contributed by atoms with Crippen molar-refractivity contribution in [3.63, 3.8) is 0 Å². The molecule has 0 radical (unpaired) electrons. The van der Waals surface area contributed by atoms with Gasteiger partial charge >= 0.3 is 0 Å². The monoisotopic (exact) mass is 397 g/mol. The maximum Gasteiger partial charge on any atom is 0.159 e. The van der Waals surface area contributed by atoms with Crippen molar-refractivity contribution in [3.8, 4) is 17.2 Å². The standard InChI is InChI=1S/C21H20FN3O4/c1-27-8-9-28-16-10-17-20(19-7-6-15(13-26)29-19)24-25(21(17)23-11-16)12-14-4-2-3-5-18(14)22/h2-7,10-11,26H,8-9,12-13H2,1H3. The number of methoxy groups -OCH3 is 1. The van der Waals surface area contributed by atoms with Gasteiger partial charge in [0, 0.05) is 12.7 Å². The van der Waals surface area contributed by atoms with E-state index in [1.165, 1.54) is 6.07 Å². The number of aliphatic hydroxyl groups is 1. The summed E-state index contributed by atoms with van der Waals surface area (Å²) in [6, 6.07) is 11.8. The number of nitrogens with zero attached hydrogens (tertiary/aromatic N) is 3. The van der Waals surface area contributed by atoms with Gasteiger partial charge in [-0.3, -0.25) is 0 Å². The molecule has 0 saturated carbocycles. The second-order valence-electron chi connectivity index (χ2n) is 6.41. The molecule has 1 N–H and O–H groups in total. The normalized spacial score (nSPS) is 11.3. The lowest BCUT2D eigenvalue weighted by Crippen LogP contribution is -2.06. The lowest BCUT2D eigenvalue weighted by molar-refractivity contribution is 0.146. The smallest absolute Gasteiger partial charge is 0.159 e. The quantitative estimate of drug-likeness (QED) is 0.459. The van der Waals surface area contributed by atoms with E-state index in [9.17, 15) is 9.50 Å². The molecule has 7 nitrogen and oxygen atoms in total. The van der Waals surface area contributed by atoms with Gasteiger partial charge in [-0.25, -0.2) is 14.1 Å². The molecule has 150 valence electrons. The Balaban J connectivity index is 1.78. The van der Waals surface area contributed by atoms with Crippen molar-refractivity contribution in [1.82, 2.24) is 14.8 Å². The van der Waals surface area contributed by atoms with Gasteiger partial charge in [0.1, 0.15) is 36.2 Å².